The fraction of sp³-hybridized carbons (Fsp3) is 0.167. The van der Waals surface area contributed by atoms with Gasteiger partial charge in [-0.3, -0.25) is 0 Å². The van der Waals surface area contributed by atoms with Crippen molar-refractivity contribution in [3.05, 3.63) is 48.5 Å². The number of fused-ring (bicyclic) bond motifs is 1. The number of ether oxygens (including phenoxy) is 2. The van der Waals surface area contributed by atoms with Gasteiger partial charge >= 0.3 is 150 Å². The predicted octanol–water partition coefficient (Wildman–Crippen LogP) is 1.88. The Hall–Kier alpha value is -3.29. The quantitative estimate of drug-likeness (QED) is 0.406. The molecule has 3 rings (SSSR count). The zero-order valence-corrected chi connectivity index (χ0v) is 14.4. The van der Waals surface area contributed by atoms with E-state index in [1.54, 1.807) is 30.8 Å². The van der Waals surface area contributed by atoms with Gasteiger partial charge in [-0.15, -0.1) is 0 Å². The van der Waals surface area contributed by atoms with Gasteiger partial charge in [-0.1, -0.05) is 0 Å². The first-order valence-corrected chi connectivity index (χ1v) is 7.96. The molecule has 0 aliphatic carbocycles. The minimum absolute atomic E-state index is 0.163. The summed E-state index contributed by atoms with van der Waals surface area (Å²) in [5.74, 6) is -0.341. The summed E-state index contributed by atoms with van der Waals surface area (Å²) in [6.07, 6.45) is 5.29. The van der Waals surface area contributed by atoms with Crippen LogP contribution in [0.15, 0.2) is 43.0 Å². The van der Waals surface area contributed by atoms with E-state index in [0.717, 1.165) is 10.9 Å². The van der Waals surface area contributed by atoms with Crippen LogP contribution in [0.4, 0.5) is 4.79 Å². The molecule has 0 fully saturated rings. The number of hydrogen-bond acceptors (Lipinski definition) is 6. The van der Waals surface area contributed by atoms with Crippen LogP contribution in [0.25, 0.3) is 16.7 Å². The molecule has 0 N–H and O–H groups in total. The van der Waals surface area contributed by atoms with Gasteiger partial charge in [-0.25, -0.2) is 0 Å². The van der Waals surface area contributed by atoms with Gasteiger partial charge in [-0.05, 0) is 0 Å². The van der Waals surface area contributed by atoms with Gasteiger partial charge in [0.25, 0.3) is 0 Å². The van der Waals surface area contributed by atoms with Gasteiger partial charge in [0.05, 0.1) is 0 Å². The number of nitrogens with zero attached hydrogens (tertiary/aromatic N) is 3. The van der Waals surface area contributed by atoms with Gasteiger partial charge in [0.2, 0.25) is 0 Å². The van der Waals surface area contributed by atoms with Crippen molar-refractivity contribution in [3.63, 3.8) is 0 Å². The molecule has 0 aromatic carbocycles. The van der Waals surface area contributed by atoms with Gasteiger partial charge in [0, 0.05) is 0 Å². The molecule has 0 spiro atoms. The molecule has 3 aromatic rings. The number of aromatic nitrogens is 3. The third-order valence-electron chi connectivity index (χ3n) is 3.61. The summed E-state index contributed by atoms with van der Waals surface area (Å²) in [7, 11) is 0. The molecule has 0 bridgehead atoms. The number of esters is 1. The second-order valence-electron chi connectivity index (χ2n) is 5.76. The van der Waals surface area contributed by atoms with E-state index in [4.69, 9.17) is 9.47 Å². The molecular weight excluding hydrogens is 333 g/mol. The van der Waals surface area contributed by atoms with E-state index in [1.165, 1.54) is 19.2 Å². The fourth-order valence-corrected chi connectivity index (χ4v) is 2.45. The van der Waals surface area contributed by atoms with Crippen LogP contribution in [-0.2, 0) is 9.47 Å². The Morgan fingerprint density at radius 2 is 2.08 bits per heavy atom. The van der Waals surface area contributed by atoms with E-state index in [9.17, 15) is 9.59 Å². The SMILES string of the molecule is C=Bc1cnc(-n2ccc3ccncc32)cc1C(=O)OC(=O)OC(C)C. The van der Waals surface area contributed by atoms with Crippen molar-refractivity contribution >= 4 is 41.9 Å². The van der Waals surface area contributed by atoms with Crippen LogP contribution >= 0.6 is 0 Å². The molecule has 0 amide bonds. The second-order valence-corrected chi connectivity index (χ2v) is 5.76. The molecule has 130 valence electrons. The third-order valence-corrected chi connectivity index (χ3v) is 3.61. The van der Waals surface area contributed by atoms with Crippen LogP contribution < -0.4 is 5.46 Å². The van der Waals surface area contributed by atoms with Crippen molar-refractivity contribution in [2.75, 3.05) is 0 Å². The summed E-state index contributed by atoms with van der Waals surface area (Å²) in [5, 5.41) is 0.985. The Bertz CT molecular complexity index is 997. The Kier molecular flexibility index (Phi) is 4.93. The molecule has 0 aliphatic heterocycles. The Labute approximate surface area is 150 Å². The van der Waals surface area contributed by atoms with Crippen molar-refractivity contribution in [2.45, 2.75) is 20.0 Å². The van der Waals surface area contributed by atoms with Crippen LogP contribution in [0, 0.1) is 0 Å². The topological polar surface area (TPSA) is 83.3 Å². The first kappa shape index (κ1) is 17.5. The first-order valence-electron chi connectivity index (χ1n) is 7.96. The second kappa shape index (κ2) is 7.31. The zero-order chi connectivity index (χ0) is 18.7. The Balaban J connectivity index is 1.98. The fourth-order valence-electron chi connectivity index (χ4n) is 2.45. The number of pyridine rings is 2. The van der Waals surface area contributed by atoms with Gasteiger partial charge in [0.15, 0.2) is 0 Å². The van der Waals surface area contributed by atoms with Gasteiger partial charge < -0.3 is 0 Å². The molecule has 3 heterocycles. The molecule has 0 aliphatic rings. The predicted molar refractivity (Wildman–Crippen MR) is 98.4 cm³/mol. The monoisotopic (exact) mass is 349 g/mol. The van der Waals surface area contributed by atoms with Crippen molar-refractivity contribution in [1.29, 1.82) is 0 Å². The average molecular weight is 349 g/mol. The normalized spacial score (nSPS) is 10.6. The summed E-state index contributed by atoms with van der Waals surface area (Å²) in [4.78, 5) is 32.5. The van der Waals surface area contributed by atoms with Crippen LogP contribution in [0.5, 0.6) is 0 Å². The summed E-state index contributed by atoms with van der Waals surface area (Å²) in [5.41, 5.74) is 1.45. The number of carbonyl (C=O) groups is 2. The van der Waals surface area contributed by atoms with E-state index in [0.29, 0.717) is 11.3 Å². The first-order chi connectivity index (χ1) is 12.5. The molecule has 7 nitrogen and oxygen atoms in total. The van der Waals surface area contributed by atoms with Crippen molar-refractivity contribution in [3.8, 4) is 5.82 Å². The van der Waals surface area contributed by atoms with E-state index in [1.807, 2.05) is 18.3 Å². The molecule has 8 heteroatoms. The number of hydrogen-bond donors (Lipinski definition) is 0. The van der Waals surface area contributed by atoms with Crippen molar-refractivity contribution in [1.82, 2.24) is 14.5 Å². The molecule has 0 atom stereocenters. The maximum absolute atomic E-state index is 12.4. The Morgan fingerprint density at radius 3 is 2.81 bits per heavy atom. The summed E-state index contributed by atoms with van der Waals surface area (Å²) in [6, 6.07) is 5.33. The van der Waals surface area contributed by atoms with E-state index < -0.39 is 12.1 Å². The van der Waals surface area contributed by atoms with E-state index in [-0.39, 0.29) is 11.7 Å². The molecule has 3 aromatic heterocycles. The van der Waals surface area contributed by atoms with E-state index in [2.05, 4.69) is 16.4 Å². The summed E-state index contributed by atoms with van der Waals surface area (Å²) in [6.45, 7) is 8.46. The van der Waals surface area contributed by atoms with Crippen LogP contribution in [0.3, 0.4) is 0 Å². The van der Waals surface area contributed by atoms with Gasteiger partial charge in [-0.2, -0.15) is 0 Å². The number of rotatable bonds is 4. The minimum atomic E-state index is -1.05. The Morgan fingerprint density at radius 1 is 1.27 bits per heavy atom. The van der Waals surface area contributed by atoms with Crippen molar-refractivity contribution in [2.24, 2.45) is 0 Å². The molecule has 0 saturated heterocycles. The standard InChI is InChI=1S/C18H16BN3O4/c1-11(2)25-18(24)26-17(23)13-8-16(21-9-14(13)19-3)22-7-5-12-4-6-20-10-15(12)22/h4-11H,3H2,1-2H3. The zero-order valence-electron chi connectivity index (χ0n) is 14.4. The summed E-state index contributed by atoms with van der Waals surface area (Å²) < 4.78 is 11.4. The van der Waals surface area contributed by atoms with Gasteiger partial charge in [0.1, 0.15) is 0 Å². The molecule has 0 unspecified atom stereocenters. The van der Waals surface area contributed by atoms with E-state index >= 15 is 0 Å². The van der Waals surface area contributed by atoms with Crippen molar-refractivity contribution < 1.29 is 19.1 Å². The average Bonchev–Trinajstić information content (AvgIpc) is 3.04. The molecule has 26 heavy (non-hydrogen) atoms. The third kappa shape index (κ3) is 3.54. The van der Waals surface area contributed by atoms with Crippen LogP contribution in [0.1, 0.15) is 24.2 Å². The van der Waals surface area contributed by atoms with Crippen LogP contribution in [0.2, 0.25) is 0 Å². The maximum atomic E-state index is 12.4. The summed E-state index contributed by atoms with van der Waals surface area (Å²) >= 11 is 0. The van der Waals surface area contributed by atoms with Crippen LogP contribution in [-0.4, -0.2) is 46.2 Å². The molecule has 0 saturated carbocycles. The molecule has 0 radical (unpaired) electrons. The number of carbonyl (C=O) groups excluding carboxylic acids is 2. The molecular formula is C18H16BN3O4.